The summed E-state index contributed by atoms with van der Waals surface area (Å²) in [6.07, 6.45) is 8.52. The molecule has 1 saturated carbocycles. The molecule has 86 valence electrons. The van der Waals surface area contributed by atoms with E-state index in [1.54, 1.807) is 5.56 Å². The smallest absolute Gasteiger partial charge is 0.0100 e. The van der Waals surface area contributed by atoms with Gasteiger partial charge < -0.3 is 0 Å². The van der Waals surface area contributed by atoms with E-state index in [2.05, 4.69) is 37.8 Å². The van der Waals surface area contributed by atoms with Crippen molar-refractivity contribution in [3.05, 3.63) is 48.0 Å². The molecule has 0 aromatic heterocycles. The van der Waals surface area contributed by atoms with Crippen LogP contribution in [0, 0.1) is 5.92 Å². The van der Waals surface area contributed by atoms with Crippen LogP contribution in [0.3, 0.4) is 0 Å². The van der Waals surface area contributed by atoms with Crippen LogP contribution in [0.1, 0.15) is 49.7 Å². The summed E-state index contributed by atoms with van der Waals surface area (Å²) in [4.78, 5) is 0. The van der Waals surface area contributed by atoms with Gasteiger partial charge >= 0.3 is 0 Å². The maximum absolute atomic E-state index is 3.78. The third-order valence-corrected chi connectivity index (χ3v) is 3.85. The van der Waals surface area contributed by atoms with Gasteiger partial charge in [-0.05, 0) is 42.2 Å². The molecule has 0 bridgehead atoms. The standard InChI is InChI=1S/C16H22/c1-3-4-14-7-11-16(12-8-14)15-9-5-13(2)6-10-15/h3,7-8,11-13,15H,1,4-6,9-10H2,2H3. The average Bonchev–Trinajstić information content (AvgIpc) is 2.32. The van der Waals surface area contributed by atoms with Crippen LogP contribution in [0.15, 0.2) is 36.9 Å². The summed E-state index contributed by atoms with van der Waals surface area (Å²) in [5.74, 6) is 1.75. The second-order valence-corrected chi connectivity index (χ2v) is 5.19. The van der Waals surface area contributed by atoms with Crippen molar-refractivity contribution in [1.29, 1.82) is 0 Å². The first kappa shape index (κ1) is 11.4. The van der Waals surface area contributed by atoms with E-state index >= 15 is 0 Å². The van der Waals surface area contributed by atoms with Gasteiger partial charge in [-0.1, -0.05) is 50.1 Å². The van der Waals surface area contributed by atoms with E-state index in [-0.39, 0.29) is 0 Å². The fourth-order valence-electron chi connectivity index (χ4n) is 2.69. The normalized spacial score (nSPS) is 25.3. The predicted molar refractivity (Wildman–Crippen MR) is 70.7 cm³/mol. The average molecular weight is 214 g/mol. The lowest BCUT2D eigenvalue weighted by molar-refractivity contribution is 0.348. The minimum Gasteiger partial charge on any atom is -0.103 e. The van der Waals surface area contributed by atoms with Crippen LogP contribution in [0.2, 0.25) is 0 Å². The van der Waals surface area contributed by atoms with Crippen molar-refractivity contribution in [2.24, 2.45) is 5.92 Å². The van der Waals surface area contributed by atoms with Crippen LogP contribution in [0.4, 0.5) is 0 Å². The number of hydrogen-bond acceptors (Lipinski definition) is 0. The van der Waals surface area contributed by atoms with Gasteiger partial charge in [0.15, 0.2) is 0 Å². The Hall–Kier alpha value is -1.04. The summed E-state index contributed by atoms with van der Waals surface area (Å²) in [5, 5.41) is 0. The molecule has 1 aliphatic carbocycles. The van der Waals surface area contributed by atoms with Crippen molar-refractivity contribution in [3.8, 4) is 0 Å². The van der Waals surface area contributed by atoms with Gasteiger partial charge in [0.1, 0.15) is 0 Å². The Bertz CT molecular complexity index is 326. The number of benzene rings is 1. The van der Waals surface area contributed by atoms with Crippen LogP contribution in [0.5, 0.6) is 0 Å². The summed E-state index contributed by atoms with van der Waals surface area (Å²) >= 11 is 0. The summed E-state index contributed by atoms with van der Waals surface area (Å²) in [6, 6.07) is 9.16. The van der Waals surface area contributed by atoms with Gasteiger partial charge in [0.05, 0.1) is 0 Å². The van der Waals surface area contributed by atoms with E-state index in [1.807, 2.05) is 6.08 Å². The van der Waals surface area contributed by atoms with Crippen molar-refractivity contribution >= 4 is 0 Å². The number of hydrogen-bond donors (Lipinski definition) is 0. The molecule has 16 heavy (non-hydrogen) atoms. The molecule has 0 saturated heterocycles. The Labute approximate surface area is 99.4 Å². The lowest BCUT2D eigenvalue weighted by atomic mass is 9.79. The Morgan fingerprint density at radius 2 is 1.75 bits per heavy atom. The highest BCUT2D eigenvalue weighted by molar-refractivity contribution is 5.26. The molecule has 1 aromatic carbocycles. The van der Waals surface area contributed by atoms with Gasteiger partial charge in [0.2, 0.25) is 0 Å². The molecule has 0 N–H and O–H groups in total. The zero-order valence-electron chi connectivity index (χ0n) is 10.3. The zero-order chi connectivity index (χ0) is 11.4. The van der Waals surface area contributed by atoms with Crippen molar-refractivity contribution in [1.82, 2.24) is 0 Å². The van der Waals surface area contributed by atoms with E-state index in [1.165, 1.54) is 31.2 Å². The van der Waals surface area contributed by atoms with E-state index in [0.29, 0.717) is 0 Å². The quantitative estimate of drug-likeness (QED) is 0.639. The molecule has 1 aromatic rings. The maximum atomic E-state index is 3.78. The fraction of sp³-hybridized carbons (Fsp3) is 0.500. The number of rotatable bonds is 3. The van der Waals surface area contributed by atoms with Crippen molar-refractivity contribution in [2.45, 2.75) is 44.9 Å². The van der Waals surface area contributed by atoms with Crippen LogP contribution < -0.4 is 0 Å². The lowest BCUT2D eigenvalue weighted by Crippen LogP contribution is -2.10. The van der Waals surface area contributed by atoms with E-state index in [0.717, 1.165) is 18.3 Å². The van der Waals surface area contributed by atoms with Gasteiger partial charge in [0.25, 0.3) is 0 Å². The molecule has 0 spiro atoms. The highest BCUT2D eigenvalue weighted by Crippen LogP contribution is 2.35. The Morgan fingerprint density at radius 3 is 2.31 bits per heavy atom. The topological polar surface area (TPSA) is 0 Å². The third-order valence-electron chi connectivity index (χ3n) is 3.85. The van der Waals surface area contributed by atoms with Gasteiger partial charge in [-0.15, -0.1) is 6.58 Å². The molecular weight excluding hydrogens is 192 g/mol. The molecule has 0 nitrogen and oxygen atoms in total. The summed E-state index contributed by atoms with van der Waals surface area (Å²) in [6.45, 7) is 6.15. The third kappa shape index (κ3) is 2.75. The minimum absolute atomic E-state index is 0.814. The summed E-state index contributed by atoms with van der Waals surface area (Å²) in [5.41, 5.74) is 2.92. The molecule has 0 heterocycles. The molecule has 0 radical (unpaired) electrons. The van der Waals surface area contributed by atoms with Crippen molar-refractivity contribution in [3.63, 3.8) is 0 Å². The van der Waals surface area contributed by atoms with Gasteiger partial charge in [0, 0.05) is 0 Å². The fourth-order valence-corrected chi connectivity index (χ4v) is 2.69. The Morgan fingerprint density at radius 1 is 1.12 bits per heavy atom. The van der Waals surface area contributed by atoms with Gasteiger partial charge in [-0.25, -0.2) is 0 Å². The molecule has 0 atom stereocenters. The predicted octanol–water partition coefficient (Wildman–Crippen LogP) is 4.71. The van der Waals surface area contributed by atoms with Crippen molar-refractivity contribution in [2.75, 3.05) is 0 Å². The first-order chi connectivity index (χ1) is 7.79. The molecule has 1 fully saturated rings. The second kappa shape index (κ2) is 5.34. The first-order valence-corrected chi connectivity index (χ1v) is 6.49. The zero-order valence-corrected chi connectivity index (χ0v) is 10.3. The molecular formula is C16H22. The monoisotopic (exact) mass is 214 g/mol. The van der Waals surface area contributed by atoms with Gasteiger partial charge in [-0.2, -0.15) is 0 Å². The highest BCUT2D eigenvalue weighted by Gasteiger charge is 2.19. The molecule has 0 unspecified atom stereocenters. The van der Waals surface area contributed by atoms with Crippen LogP contribution in [-0.4, -0.2) is 0 Å². The molecule has 0 heteroatoms. The van der Waals surface area contributed by atoms with E-state index in [9.17, 15) is 0 Å². The van der Waals surface area contributed by atoms with E-state index < -0.39 is 0 Å². The lowest BCUT2D eigenvalue weighted by Gasteiger charge is -2.26. The maximum Gasteiger partial charge on any atom is -0.0100 e. The van der Waals surface area contributed by atoms with E-state index in [4.69, 9.17) is 0 Å². The Balaban J connectivity index is 2.01. The van der Waals surface area contributed by atoms with Crippen LogP contribution >= 0.6 is 0 Å². The molecule has 0 aliphatic heterocycles. The SMILES string of the molecule is C=CCc1ccc(C2CCC(C)CC2)cc1. The molecule has 2 rings (SSSR count). The highest BCUT2D eigenvalue weighted by atomic mass is 14.2. The van der Waals surface area contributed by atoms with Crippen LogP contribution in [-0.2, 0) is 6.42 Å². The summed E-state index contributed by atoms with van der Waals surface area (Å²) < 4.78 is 0. The number of allylic oxidation sites excluding steroid dienone is 1. The largest absolute Gasteiger partial charge is 0.103 e. The van der Waals surface area contributed by atoms with Gasteiger partial charge in [-0.3, -0.25) is 0 Å². The summed E-state index contributed by atoms with van der Waals surface area (Å²) in [7, 11) is 0. The minimum atomic E-state index is 0.814. The first-order valence-electron chi connectivity index (χ1n) is 6.49. The molecule has 1 aliphatic rings. The second-order valence-electron chi connectivity index (χ2n) is 5.19. The van der Waals surface area contributed by atoms with Crippen molar-refractivity contribution < 1.29 is 0 Å². The molecule has 0 amide bonds. The van der Waals surface area contributed by atoms with Crippen LogP contribution in [0.25, 0.3) is 0 Å². The Kier molecular flexibility index (Phi) is 3.82.